The number of hydrogen-bond donors (Lipinski definition) is 1. The molecule has 0 aliphatic heterocycles. The first-order valence-corrected chi connectivity index (χ1v) is 11.6. The lowest BCUT2D eigenvalue weighted by Crippen LogP contribution is -2.29. The van der Waals surface area contributed by atoms with Gasteiger partial charge in [-0.25, -0.2) is 9.67 Å². The zero-order valence-electron chi connectivity index (χ0n) is 18.7. The maximum Gasteiger partial charge on any atom is 0.277 e. The topological polar surface area (TPSA) is 76.9 Å². The van der Waals surface area contributed by atoms with Gasteiger partial charge < -0.3 is 5.32 Å². The first-order chi connectivity index (χ1) is 15.8. The molecule has 2 aromatic carbocycles. The van der Waals surface area contributed by atoms with Crippen molar-refractivity contribution in [2.24, 2.45) is 7.05 Å². The predicted molar refractivity (Wildman–Crippen MR) is 132 cm³/mol. The summed E-state index contributed by atoms with van der Waals surface area (Å²) in [6, 6.07) is 16.8. The first kappa shape index (κ1) is 22.9. The predicted octanol–water partition coefficient (Wildman–Crippen LogP) is 5.00. The van der Waals surface area contributed by atoms with Gasteiger partial charge in [-0.05, 0) is 49.6 Å². The van der Waals surface area contributed by atoms with Gasteiger partial charge >= 0.3 is 0 Å². The van der Waals surface area contributed by atoms with E-state index in [1.807, 2.05) is 62.4 Å². The van der Waals surface area contributed by atoms with Crippen molar-refractivity contribution in [1.82, 2.24) is 20.1 Å². The van der Waals surface area contributed by atoms with E-state index in [2.05, 4.69) is 15.4 Å². The van der Waals surface area contributed by atoms with Crippen LogP contribution in [0.2, 0.25) is 5.02 Å². The summed E-state index contributed by atoms with van der Waals surface area (Å²) in [6.45, 7) is 5.47. The van der Waals surface area contributed by atoms with Gasteiger partial charge in [0.05, 0.1) is 23.0 Å². The molecular formula is C25H23ClN4O2S. The van der Waals surface area contributed by atoms with Crippen LogP contribution in [0.5, 0.6) is 0 Å². The molecule has 0 aliphatic carbocycles. The number of benzene rings is 2. The molecule has 6 nitrogen and oxygen atoms in total. The lowest BCUT2D eigenvalue weighted by Gasteiger charge is -2.20. The summed E-state index contributed by atoms with van der Waals surface area (Å²) in [5.41, 5.74) is 4.13. The van der Waals surface area contributed by atoms with Crippen molar-refractivity contribution in [3.05, 3.63) is 103 Å². The molecule has 33 heavy (non-hydrogen) atoms. The van der Waals surface area contributed by atoms with Gasteiger partial charge in [0, 0.05) is 12.1 Å². The van der Waals surface area contributed by atoms with Crippen LogP contribution in [-0.2, 0) is 7.05 Å². The minimum absolute atomic E-state index is 0.236. The number of halogens is 1. The van der Waals surface area contributed by atoms with Crippen LogP contribution in [0, 0.1) is 20.8 Å². The Morgan fingerprint density at radius 3 is 2.42 bits per heavy atom. The standard InChI is InChI=1S/C25H23ClN4O2S/c1-14-15(2)29-30(4)25(32)20(14)24-27-16(3)22(33-24)23(31)28-21(17-9-6-5-7-10-17)18-11-8-12-19(26)13-18/h5-13,21H,1-4H3,(H,28,31). The summed E-state index contributed by atoms with van der Waals surface area (Å²) >= 11 is 7.44. The van der Waals surface area contributed by atoms with Gasteiger partial charge in [-0.3, -0.25) is 9.59 Å². The Kier molecular flexibility index (Phi) is 6.44. The Bertz CT molecular complexity index is 1400. The Morgan fingerprint density at radius 2 is 1.73 bits per heavy atom. The van der Waals surface area contributed by atoms with Crippen molar-refractivity contribution in [3.8, 4) is 10.6 Å². The van der Waals surface area contributed by atoms with Gasteiger partial charge in [0.2, 0.25) is 0 Å². The molecule has 4 rings (SSSR count). The Morgan fingerprint density at radius 1 is 1.03 bits per heavy atom. The maximum absolute atomic E-state index is 13.4. The number of aromatic nitrogens is 3. The Balaban J connectivity index is 1.73. The van der Waals surface area contributed by atoms with Gasteiger partial charge in [-0.1, -0.05) is 54.1 Å². The molecule has 0 saturated heterocycles. The summed E-state index contributed by atoms with van der Waals surface area (Å²) in [6.07, 6.45) is 0. The summed E-state index contributed by atoms with van der Waals surface area (Å²) in [5.74, 6) is -0.259. The highest BCUT2D eigenvalue weighted by Crippen LogP contribution is 2.30. The number of amides is 1. The van der Waals surface area contributed by atoms with E-state index in [1.165, 1.54) is 16.0 Å². The SMILES string of the molecule is Cc1nc(-c2c(C)c(C)nn(C)c2=O)sc1C(=O)NC(c1ccccc1)c1cccc(Cl)c1. The van der Waals surface area contributed by atoms with E-state index in [1.54, 1.807) is 20.0 Å². The average molecular weight is 479 g/mol. The molecular weight excluding hydrogens is 456 g/mol. The van der Waals surface area contributed by atoms with Crippen LogP contribution in [0.4, 0.5) is 0 Å². The van der Waals surface area contributed by atoms with Crippen molar-refractivity contribution in [2.75, 3.05) is 0 Å². The zero-order chi connectivity index (χ0) is 23.7. The molecule has 0 aliphatic rings. The second kappa shape index (κ2) is 9.29. The number of carbonyl (C=O) groups is 1. The number of carbonyl (C=O) groups excluding carboxylic acids is 1. The van der Waals surface area contributed by atoms with Gasteiger partial charge in [0.15, 0.2) is 0 Å². The van der Waals surface area contributed by atoms with E-state index < -0.39 is 0 Å². The van der Waals surface area contributed by atoms with Crippen LogP contribution >= 0.6 is 22.9 Å². The minimum Gasteiger partial charge on any atom is -0.340 e. The summed E-state index contributed by atoms with van der Waals surface area (Å²) < 4.78 is 1.30. The highest BCUT2D eigenvalue weighted by molar-refractivity contribution is 7.17. The minimum atomic E-state index is -0.389. The highest BCUT2D eigenvalue weighted by atomic mass is 35.5. The van der Waals surface area contributed by atoms with Crippen LogP contribution in [0.25, 0.3) is 10.6 Å². The fraction of sp³-hybridized carbons (Fsp3) is 0.200. The number of hydrogen-bond acceptors (Lipinski definition) is 5. The number of nitrogens with one attached hydrogen (secondary N) is 1. The number of aryl methyl sites for hydroxylation is 3. The first-order valence-electron chi connectivity index (χ1n) is 10.4. The highest BCUT2D eigenvalue weighted by Gasteiger charge is 2.24. The second-order valence-corrected chi connectivity index (χ2v) is 9.26. The average Bonchev–Trinajstić information content (AvgIpc) is 3.18. The number of thiazole rings is 1. The van der Waals surface area contributed by atoms with E-state index >= 15 is 0 Å². The van der Waals surface area contributed by atoms with E-state index in [0.717, 1.165) is 22.4 Å². The fourth-order valence-corrected chi connectivity index (χ4v) is 4.96. The molecule has 8 heteroatoms. The third-order valence-electron chi connectivity index (χ3n) is 5.53. The summed E-state index contributed by atoms with van der Waals surface area (Å²) in [7, 11) is 1.61. The largest absolute Gasteiger partial charge is 0.340 e. The molecule has 0 radical (unpaired) electrons. The van der Waals surface area contributed by atoms with E-state index in [0.29, 0.717) is 26.2 Å². The molecule has 168 valence electrons. The lowest BCUT2D eigenvalue weighted by atomic mass is 9.98. The summed E-state index contributed by atoms with van der Waals surface area (Å²) in [4.78, 5) is 31.2. The molecule has 1 atom stereocenters. The smallest absolute Gasteiger partial charge is 0.277 e. The number of rotatable bonds is 5. The molecule has 0 saturated carbocycles. The quantitative estimate of drug-likeness (QED) is 0.437. The van der Waals surface area contributed by atoms with Crippen LogP contribution in [0.3, 0.4) is 0 Å². The zero-order valence-corrected chi connectivity index (χ0v) is 20.3. The van der Waals surface area contributed by atoms with Crippen molar-refractivity contribution in [1.29, 1.82) is 0 Å². The van der Waals surface area contributed by atoms with Crippen LogP contribution in [0.1, 0.15) is 43.8 Å². The molecule has 2 aromatic heterocycles. The van der Waals surface area contributed by atoms with Crippen molar-refractivity contribution in [3.63, 3.8) is 0 Å². The Labute approximate surface area is 200 Å². The maximum atomic E-state index is 13.4. The normalized spacial score (nSPS) is 11.9. The second-order valence-electron chi connectivity index (χ2n) is 7.82. The Hall–Kier alpha value is -3.29. The third kappa shape index (κ3) is 4.60. The van der Waals surface area contributed by atoms with Crippen LogP contribution in [-0.4, -0.2) is 20.7 Å². The fourth-order valence-electron chi connectivity index (χ4n) is 3.70. The number of nitrogens with zero attached hydrogens (tertiary/aromatic N) is 3. The van der Waals surface area contributed by atoms with Gasteiger partial charge in [0.25, 0.3) is 11.5 Å². The van der Waals surface area contributed by atoms with Crippen molar-refractivity contribution >= 4 is 28.8 Å². The molecule has 1 unspecified atom stereocenters. The molecule has 0 bridgehead atoms. The van der Waals surface area contributed by atoms with Crippen LogP contribution in [0.15, 0.2) is 59.4 Å². The van der Waals surface area contributed by atoms with E-state index in [-0.39, 0.29) is 17.5 Å². The molecule has 1 amide bonds. The molecule has 0 spiro atoms. The van der Waals surface area contributed by atoms with E-state index in [9.17, 15) is 9.59 Å². The molecule has 0 fully saturated rings. The third-order valence-corrected chi connectivity index (χ3v) is 6.94. The molecule has 2 heterocycles. The van der Waals surface area contributed by atoms with Gasteiger partial charge in [-0.15, -0.1) is 11.3 Å². The monoisotopic (exact) mass is 478 g/mol. The van der Waals surface area contributed by atoms with Crippen molar-refractivity contribution < 1.29 is 4.79 Å². The lowest BCUT2D eigenvalue weighted by molar-refractivity contribution is 0.0946. The van der Waals surface area contributed by atoms with Crippen LogP contribution < -0.4 is 10.9 Å². The van der Waals surface area contributed by atoms with E-state index in [4.69, 9.17) is 11.6 Å². The molecule has 1 N–H and O–H groups in total. The molecule has 4 aromatic rings. The summed E-state index contributed by atoms with van der Waals surface area (Å²) in [5, 5.41) is 8.47. The van der Waals surface area contributed by atoms with Crippen molar-refractivity contribution in [2.45, 2.75) is 26.8 Å². The van der Waals surface area contributed by atoms with Gasteiger partial charge in [0.1, 0.15) is 9.88 Å². The van der Waals surface area contributed by atoms with Gasteiger partial charge in [-0.2, -0.15) is 5.10 Å².